The number of hydrogen-bond acceptors (Lipinski definition) is 7. The lowest BCUT2D eigenvalue weighted by molar-refractivity contribution is 0.180. The van der Waals surface area contributed by atoms with Crippen LogP contribution in [-0.2, 0) is 0 Å². The lowest BCUT2D eigenvalue weighted by atomic mass is 9.89. The van der Waals surface area contributed by atoms with Crippen LogP contribution in [-0.4, -0.2) is 90.8 Å². The highest BCUT2D eigenvalue weighted by Crippen LogP contribution is 2.49. The minimum Gasteiger partial charge on any atom is -0.378 e. The lowest BCUT2D eigenvalue weighted by Gasteiger charge is -2.36. The Balaban J connectivity index is 1.28. The van der Waals surface area contributed by atoms with Gasteiger partial charge in [0.15, 0.2) is 0 Å². The molecule has 220 valence electrons. The van der Waals surface area contributed by atoms with Gasteiger partial charge in [-0.2, -0.15) is 0 Å². The molecular weight excluding hydrogens is 519 g/mol. The monoisotopic (exact) mass is 573 g/mol. The molecule has 2 heterocycles. The fraction of sp³-hybridized carbons (Fsp3) is 0.812. The van der Waals surface area contributed by atoms with Crippen molar-refractivity contribution in [3.05, 3.63) is 23.8 Å². The molecule has 0 bridgehead atoms. The van der Waals surface area contributed by atoms with Gasteiger partial charge < -0.3 is 9.80 Å². The fourth-order valence-corrected chi connectivity index (χ4v) is 9.29. The highest BCUT2D eigenvalue weighted by atomic mass is 32.2. The first-order chi connectivity index (χ1) is 19.0. The standard InChI is InChI=1S/C32H55N5S2/c1-28-24-30(33(2)3)14-15-31(28)38-36-22-10-18-34(25-29-12-6-4-7-13-29)19-11-23-37(27-32(26-36)16-17-32)39-35-20-8-5-9-21-35/h14-15,24,29H,4-13,16-23,25-27H2,1-3H3. The van der Waals surface area contributed by atoms with Crippen molar-refractivity contribution in [1.29, 1.82) is 0 Å². The number of benzene rings is 1. The summed E-state index contributed by atoms with van der Waals surface area (Å²) in [6.45, 7) is 13.6. The van der Waals surface area contributed by atoms with Crippen LogP contribution < -0.4 is 4.90 Å². The first kappa shape index (κ1) is 30.0. The zero-order valence-corrected chi connectivity index (χ0v) is 26.8. The van der Waals surface area contributed by atoms with Crippen molar-refractivity contribution in [3.63, 3.8) is 0 Å². The van der Waals surface area contributed by atoms with E-state index in [1.807, 2.05) is 11.9 Å². The van der Waals surface area contributed by atoms with Crippen molar-refractivity contribution in [1.82, 2.24) is 17.8 Å². The fourth-order valence-electron chi connectivity index (χ4n) is 6.83. The van der Waals surface area contributed by atoms with Crippen LogP contribution in [0.1, 0.15) is 82.6 Å². The number of nitrogens with zero attached hydrogens (tertiary/aromatic N) is 5. The van der Waals surface area contributed by atoms with E-state index in [0.717, 1.165) is 5.92 Å². The second-order valence-electron chi connectivity index (χ2n) is 13.2. The summed E-state index contributed by atoms with van der Waals surface area (Å²) in [6, 6.07) is 7.01. The van der Waals surface area contributed by atoms with Gasteiger partial charge in [0.25, 0.3) is 0 Å². The average Bonchev–Trinajstić information content (AvgIpc) is 3.68. The molecular formula is C32H55N5S2. The molecule has 0 atom stereocenters. The first-order valence-corrected chi connectivity index (χ1v) is 17.6. The van der Waals surface area contributed by atoms with Crippen LogP contribution in [0.5, 0.6) is 0 Å². The Hall–Kier alpha value is -0.440. The van der Waals surface area contributed by atoms with E-state index >= 15 is 0 Å². The van der Waals surface area contributed by atoms with E-state index in [1.54, 1.807) is 0 Å². The molecule has 1 aromatic carbocycles. The average molecular weight is 574 g/mol. The lowest BCUT2D eigenvalue weighted by Crippen LogP contribution is -2.40. The normalized spacial score (nSPS) is 25.3. The molecule has 2 saturated heterocycles. The third kappa shape index (κ3) is 9.27. The van der Waals surface area contributed by atoms with Crippen LogP contribution in [0.4, 0.5) is 5.69 Å². The van der Waals surface area contributed by atoms with Crippen molar-refractivity contribution in [2.45, 2.75) is 88.9 Å². The van der Waals surface area contributed by atoms with E-state index in [0.29, 0.717) is 5.41 Å². The molecule has 0 unspecified atom stereocenters. The number of piperidine rings is 1. The van der Waals surface area contributed by atoms with Gasteiger partial charge in [0.1, 0.15) is 0 Å². The predicted octanol–water partition coefficient (Wildman–Crippen LogP) is 7.18. The highest BCUT2D eigenvalue weighted by molar-refractivity contribution is 7.97. The number of rotatable bonds is 7. The van der Waals surface area contributed by atoms with Crippen LogP contribution in [0.25, 0.3) is 0 Å². The zero-order valence-electron chi connectivity index (χ0n) is 25.2. The summed E-state index contributed by atoms with van der Waals surface area (Å²) in [5.41, 5.74) is 3.19. The van der Waals surface area contributed by atoms with Crippen LogP contribution in [0.3, 0.4) is 0 Å². The van der Waals surface area contributed by atoms with Crippen molar-refractivity contribution in [3.8, 4) is 0 Å². The van der Waals surface area contributed by atoms with E-state index < -0.39 is 0 Å². The number of aryl methyl sites for hydroxylation is 1. The summed E-state index contributed by atoms with van der Waals surface area (Å²) in [6.07, 6.45) is 16.8. The van der Waals surface area contributed by atoms with Crippen LogP contribution in [0, 0.1) is 18.3 Å². The molecule has 2 aliphatic carbocycles. The molecule has 5 rings (SSSR count). The van der Waals surface area contributed by atoms with Crippen molar-refractivity contribution < 1.29 is 0 Å². The van der Waals surface area contributed by atoms with Gasteiger partial charge in [-0.3, -0.25) is 0 Å². The van der Waals surface area contributed by atoms with Crippen molar-refractivity contribution >= 4 is 29.8 Å². The smallest absolute Gasteiger partial charge is 0.0364 e. The van der Waals surface area contributed by atoms with E-state index in [-0.39, 0.29) is 0 Å². The van der Waals surface area contributed by atoms with Gasteiger partial charge in [-0.25, -0.2) is 12.9 Å². The Morgan fingerprint density at radius 2 is 1.41 bits per heavy atom. The third-order valence-electron chi connectivity index (χ3n) is 9.43. The molecule has 1 aromatic rings. The van der Waals surface area contributed by atoms with Crippen LogP contribution in [0.15, 0.2) is 23.1 Å². The quantitative estimate of drug-likeness (QED) is 0.317. The van der Waals surface area contributed by atoms with Gasteiger partial charge >= 0.3 is 0 Å². The molecule has 7 heteroatoms. The van der Waals surface area contributed by atoms with Crippen LogP contribution >= 0.6 is 24.1 Å². The second-order valence-corrected chi connectivity index (χ2v) is 15.6. The largest absolute Gasteiger partial charge is 0.378 e. The van der Waals surface area contributed by atoms with E-state index in [2.05, 4.69) is 74.1 Å². The summed E-state index contributed by atoms with van der Waals surface area (Å²) in [5, 5.41) is 0. The molecule has 39 heavy (non-hydrogen) atoms. The molecule has 0 N–H and O–H groups in total. The highest BCUT2D eigenvalue weighted by Gasteiger charge is 2.45. The van der Waals surface area contributed by atoms with Gasteiger partial charge in [0, 0.05) is 82.6 Å². The molecule has 0 radical (unpaired) electrons. The predicted molar refractivity (Wildman–Crippen MR) is 171 cm³/mol. The van der Waals surface area contributed by atoms with Crippen LogP contribution in [0.2, 0.25) is 0 Å². The maximum Gasteiger partial charge on any atom is 0.0364 e. The summed E-state index contributed by atoms with van der Waals surface area (Å²) in [5.74, 6) is 0.934. The van der Waals surface area contributed by atoms with Gasteiger partial charge in [-0.05, 0) is 118 Å². The van der Waals surface area contributed by atoms with Crippen molar-refractivity contribution in [2.24, 2.45) is 11.3 Å². The molecule has 0 aromatic heterocycles. The first-order valence-electron chi connectivity index (χ1n) is 16.1. The van der Waals surface area contributed by atoms with Gasteiger partial charge in [0.2, 0.25) is 0 Å². The number of hydrogen-bond donors (Lipinski definition) is 0. The van der Waals surface area contributed by atoms with E-state index in [4.69, 9.17) is 0 Å². The van der Waals surface area contributed by atoms with Gasteiger partial charge in [-0.1, -0.05) is 25.7 Å². The Bertz CT molecular complexity index is 879. The van der Waals surface area contributed by atoms with Gasteiger partial charge in [0.05, 0.1) is 0 Å². The Labute approximate surface area is 248 Å². The minimum atomic E-state index is 0.480. The molecule has 2 aliphatic heterocycles. The SMILES string of the molecule is Cc1cc(N(C)C)ccc1SN1CCCN(CC2CCCCC2)CCCN(SN2CCCCC2)CC2(CC2)C1. The molecule has 2 saturated carbocycles. The summed E-state index contributed by atoms with van der Waals surface area (Å²) >= 11 is 4.14. The zero-order chi connectivity index (χ0) is 27.1. The Morgan fingerprint density at radius 1 is 0.769 bits per heavy atom. The molecule has 5 nitrogen and oxygen atoms in total. The molecule has 0 amide bonds. The minimum absolute atomic E-state index is 0.480. The molecule has 4 aliphatic rings. The van der Waals surface area contributed by atoms with Crippen molar-refractivity contribution in [2.75, 3.05) is 77.9 Å². The summed E-state index contributed by atoms with van der Waals surface area (Å²) in [4.78, 5) is 6.50. The maximum absolute atomic E-state index is 2.86. The second kappa shape index (κ2) is 14.6. The maximum atomic E-state index is 2.86. The van der Waals surface area contributed by atoms with E-state index in [1.165, 1.54) is 152 Å². The Morgan fingerprint density at radius 3 is 2.08 bits per heavy atom. The Kier molecular flexibility index (Phi) is 11.3. The summed E-state index contributed by atoms with van der Waals surface area (Å²) < 4.78 is 8.22. The summed E-state index contributed by atoms with van der Waals surface area (Å²) in [7, 11) is 4.28. The van der Waals surface area contributed by atoms with Gasteiger partial charge in [-0.15, -0.1) is 0 Å². The molecule has 4 fully saturated rings. The molecule has 1 spiro atoms. The third-order valence-corrected chi connectivity index (χ3v) is 11.8. The number of anilines is 1. The topological polar surface area (TPSA) is 16.2 Å². The van der Waals surface area contributed by atoms with E-state index in [9.17, 15) is 0 Å².